The zero-order valence-electron chi connectivity index (χ0n) is 23.3. The van der Waals surface area contributed by atoms with Crippen LogP contribution in [0.5, 0.6) is 5.75 Å². The predicted octanol–water partition coefficient (Wildman–Crippen LogP) is 8.06. The molecule has 3 aromatic rings. The first-order valence-electron chi connectivity index (χ1n) is 14.1. The third kappa shape index (κ3) is 8.09. The summed E-state index contributed by atoms with van der Waals surface area (Å²) in [5.74, 6) is 0.103. The van der Waals surface area contributed by atoms with Crippen LogP contribution in [0, 0.1) is 5.92 Å². The Morgan fingerprint density at radius 2 is 1.62 bits per heavy atom. The summed E-state index contributed by atoms with van der Waals surface area (Å²) in [6, 6.07) is 24.1. The number of para-hydroxylation sites is 1. The maximum Gasteiger partial charge on any atom is 0.261 e. The van der Waals surface area contributed by atoms with E-state index in [2.05, 4.69) is 17.0 Å². The van der Waals surface area contributed by atoms with Crippen LogP contribution in [0.2, 0.25) is 0 Å². The number of benzene rings is 3. The Balaban J connectivity index is 1.25. The molecule has 0 saturated carbocycles. The van der Waals surface area contributed by atoms with Gasteiger partial charge in [-0.25, -0.2) is 0 Å². The van der Waals surface area contributed by atoms with Gasteiger partial charge in [-0.3, -0.25) is 14.6 Å². The highest BCUT2D eigenvalue weighted by molar-refractivity contribution is 6.23. The van der Waals surface area contributed by atoms with Gasteiger partial charge in [0.15, 0.2) is 5.78 Å². The first-order chi connectivity index (χ1) is 19.5. The van der Waals surface area contributed by atoms with E-state index in [0.29, 0.717) is 17.0 Å². The molecule has 0 saturated heterocycles. The molecule has 1 heterocycles. The number of carbonyl (C=O) groups excluding carboxylic acids is 2. The summed E-state index contributed by atoms with van der Waals surface area (Å²) in [7, 11) is 0. The Labute approximate surface area is 237 Å². The number of hydrogen-bond acceptors (Lipinski definition) is 5. The number of nitrogens with zero attached hydrogens (tertiary/aromatic N) is 3. The Hall–Kier alpha value is -4.32. The van der Waals surface area contributed by atoms with Crippen molar-refractivity contribution in [1.82, 2.24) is 0 Å². The van der Waals surface area contributed by atoms with Crippen LogP contribution < -0.4 is 9.75 Å². The van der Waals surface area contributed by atoms with Crippen LogP contribution in [0.1, 0.15) is 68.3 Å². The van der Waals surface area contributed by atoms with E-state index < -0.39 is 5.92 Å². The Morgan fingerprint density at radius 3 is 2.35 bits per heavy atom. The second-order valence-electron chi connectivity index (χ2n) is 9.91. The molecule has 206 valence electrons. The summed E-state index contributed by atoms with van der Waals surface area (Å²) >= 11 is 0. The number of hydrogen-bond donors (Lipinski definition) is 0. The predicted molar refractivity (Wildman–Crippen MR) is 164 cm³/mol. The van der Waals surface area contributed by atoms with E-state index >= 15 is 0 Å². The summed E-state index contributed by atoms with van der Waals surface area (Å²) in [6.07, 6.45) is 12.4. The molecule has 1 aliphatic rings. The molecule has 0 aromatic heterocycles. The molecule has 0 spiro atoms. The highest BCUT2D eigenvalue weighted by Gasteiger charge is 2.33. The second kappa shape index (κ2) is 14.7. The van der Waals surface area contributed by atoms with Crippen molar-refractivity contribution in [2.45, 2.75) is 52.4 Å². The van der Waals surface area contributed by atoms with Gasteiger partial charge in [0.2, 0.25) is 0 Å². The quantitative estimate of drug-likeness (QED) is 0.0907. The van der Waals surface area contributed by atoms with Crippen molar-refractivity contribution in [3.63, 3.8) is 0 Å². The topological polar surface area (TPSA) is 71.3 Å². The van der Waals surface area contributed by atoms with E-state index in [1.165, 1.54) is 37.1 Å². The summed E-state index contributed by atoms with van der Waals surface area (Å²) in [4.78, 5) is 30.0. The lowest BCUT2D eigenvalue weighted by atomic mass is 10.1. The summed E-state index contributed by atoms with van der Waals surface area (Å²) in [6.45, 7) is 4.78. The molecule has 1 unspecified atom stereocenters. The van der Waals surface area contributed by atoms with Gasteiger partial charge in [-0.2, -0.15) is 10.1 Å². The van der Waals surface area contributed by atoms with Crippen LogP contribution >= 0.6 is 0 Å². The van der Waals surface area contributed by atoms with Gasteiger partial charge in [0.25, 0.3) is 5.91 Å². The number of allylic oxidation sites excluding steroid dienone is 1. The number of hydrazone groups is 1. The summed E-state index contributed by atoms with van der Waals surface area (Å²) < 4.78 is 5.83. The van der Waals surface area contributed by atoms with Gasteiger partial charge in [-0.15, -0.1) is 0 Å². The molecule has 0 bridgehead atoms. The van der Waals surface area contributed by atoms with E-state index in [4.69, 9.17) is 4.74 Å². The molecule has 1 atom stereocenters. The average molecular weight is 536 g/mol. The molecular weight excluding hydrogens is 498 g/mol. The Bertz CT molecular complexity index is 1340. The van der Waals surface area contributed by atoms with Crippen LogP contribution in [-0.2, 0) is 4.79 Å². The number of anilines is 1. The fraction of sp³-hybridized carbons (Fsp3) is 0.294. The van der Waals surface area contributed by atoms with Crippen LogP contribution in [0.4, 0.5) is 11.4 Å². The maximum atomic E-state index is 12.8. The highest BCUT2D eigenvalue weighted by atomic mass is 16.5. The molecule has 6 heteroatoms. The van der Waals surface area contributed by atoms with E-state index in [-0.39, 0.29) is 11.7 Å². The molecule has 0 aliphatic carbocycles. The first kappa shape index (κ1) is 28.7. The lowest BCUT2D eigenvalue weighted by Gasteiger charge is -2.12. The van der Waals surface area contributed by atoms with Crippen molar-refractivity contribution in [2.24, 2.45) is 16.0 Å². The normalized spacial score (nSPS) is 15.2. The largest absolute Gasteiger partial charge is 0.494 e. The minimum Gasteiger partial charge on any atom is -0.494 e. The van der Waals surface area contributed by atoms with Crippen molar-refractivity contribution in [2.75, 3.05) is 11.6 Å². The van der Waals surface area contributed by atoms with E-state index in [1.807, 2.05) is 61.5 Å². The number of carbonyl (C=O) groups is 2. The van der Waals surface area contributed by atoms with Crippen LogP contribution in [0.25, 0.3) is 6.08 Å². The third-order valence-electron chi connectivity index (χ3n) is 6.78. The van der Waals surface area contributed by atoms with Crippen LogP contribution in [-0.4, -0.2) is 30.2 Å². The molecule has 4 rings (SSSR count). The SMILES string of the molecule is CCCCCCCCOc1ccc(/C=C/C(=O)c2ccc(N=CC3C(=O)N(c4ccccc4)N=C3C)cc2)cc1. The van der Waals surface area contributed by atoms with Gasteiger partial charge < -0.3 is 4.74 Å². The van der Waals surface area contributed by atoms with Gasteiger partial charge in [0.05, 0.1) is 23.7 Å². The summed E-state index contributed by atoms with van der Waals surface area (Å²) in [5, 5.41) is 5.81. The molecule has 6 nitrogen and oxygen atoms in total. The van der Waals surface area contributed by atoms with Gasteiger partial charge >= 0.3 is 0 Å². The van der Waals surface area contributed by atoms with Crippen LogP contribution in [0.15, 0.2) is 95.0 Å². The molecule has 0 radical (unpaired) electrons. The third-order valence-corrected chi connectivity index (χ3v) is 6.78. The van der Waals surface area contributed by atoms with Crippen molar-refractivity contribution >= 4 is 41.1 Å². The molecule has 0 N–H and O–H groups in total. The van der Waals surface area contributed by atoms with Gasteiger partial charge in [0, 0.05) is 11.8 Å². The van der Waals surface area contributed by atoms with Gasteiger partial charge in [-0.05, 0) is 73.5 Å². The van der Waals surface area contributed by atoms with E-state index in [1.54, 1.807) is 42.6 Å². The van der Waals surface area contributed by atoms with Crippen molar-refractivity contribution < 1.29 is 14.3 Å². The van der Waals surface area contributed by atoms with Crippen molar-refractivity contribution in [1.29, 1.82) is 0 Å². The molecule has 0 fully saturated rings. The monoisotopic (exact) mass is 535 g/mol. The molecule has 40 heavy (non-hydrogen) atoms. The molecule has 3 aromatic carbocycles. The van der Waals surface area contributed by atoms with E-state index in [9.17, 15) is 9.59 Å². The van der Waals surface area contributed by atoms with Gasteiger partial charge in [-0.1, -0.05) is 75.4 Å². The zero-order chi connectivity index (χ0) is 28.2. The standard InChI is InChI=1S/C34H37N3O3/c1-3-4-5-6-7-11-24-40-31-21-14-27(15-22-31)16-23-33(38)28-17-19-29(20-18-28)35-25-32-26(2)36-37(34(32)39)30-12-9-8-10-13-30/h8-10,12-23,25,32H,3-7,11,24H2,1-2H3/b23-16+,35-25?. The molecule has 1 amide bonds. The highest BCUT2D eigenvalue weighted by Crippen LogP contribution is 2.24. The zero-order valence-corrected chi connectivity index (χ0v) is 23.3. The number of aliphatic imine (C=N–C) groups is 1. The number of ether oxygens (including phenoxy) is 1. The fourth-order valence-electron chi connectivity index (χ4n) is 4.39. The Morgan fingerprint density at radius 1 is 0.925 bits per heavy atom. The lowest BCUT2D eigenvalue weighted by Crippen LogP contribution is -2.27. The average Bonchev–Trinajstić information content (AvgIpc) is 3.28. The number of unbranched alkanes of at least 4 members (excludes halogenated alkanes) is 5. The number of amides is 1. The minimum atomic E-state index is -0.517. The minimum absolute atomic E-state index is 0.0913. The maximum absolute atomic E-state index is 12.8. The lowest BCUT2D eigenvalue weighted by molar-refractivity contribution is -0.118. The van der Waals surface area contributed by atoms with E-state index in [0.717, 1.165) is 30.0 Å². The van der Waals surface area contributed by atoms with Crippen LogP contribution in [0.3, 0.4) is 0 Å². The summed E-state index contributed by atoms with van der Waals surface area (Å²) in [5.41, 5.74) is 3.58. The van der Waals surface area contributed by atoms with Gasteiger partial charge in [0.1, 0.15) is 11.7 Å². The molecular formula is C34H37N3O3. The number of ketones is 1. The second-order valence-corrected chi connectivity index (χ2v) is 9.91. The smallest absolute Gasteiger partial charge is 0.261 e. The van der Waals surface area contributed by atoms with Crippen molar-refractivity contribution in [3.8, 4) is 5.75 Å². The first-order valence-corrected chi connectivity index (χ1v) is 14.1. The Kier molecular flexibility index (Phi) is 10.6. The number of rotatable bonds is 14. The fourth-order valence-corrected chi connectivity index (χ4v) is 4.39. The molecule has 1 aliphatic heterocycles. The van der Waals surface area contributed by atoms with Crippen molar-refractivity contribution in [3.05, 3.63) is 96.1 Å².